The van der Waals surface area contributed by atoms with Gasteiger partial charge >= 0.3 is 17.1 Å². The number of carbonyl (C=O) groups excluding carboxylic acids is 3. The molecule has 0 aromatic rings. The molecule has 1 amide bonds. The molecule has 0 heterocycles. The maximum atomic E-state index is 13.0. The molecule has 0 N–H and O–H groups in total. The van der Waals surface area contributed by atoms with E-state index >= 15 is 0 Å². The maximum Gasteiger partial charge on any atom is 0.387 e. The van der Waals surface area contributed by atoms with Gasteiger partial charge < -0.3 is 17.9 Å². The average Bonchev–Trinajstić information content (AvgIpc) is 2.56. The van der Waals surface area contributed by atoms with E-state index in [1.54, 1.807) is 59.0 Å². The van der Waals surface area contributed by atoms with Crippen LogP contribution in [-0.2, 0) is 27.4 Å². The van der Waals surface area contributed by atoms with E-state index in [0.29, 0.717) is 19.3 Å². The van der Waals surface area contributed by atoms with Gasteiger partial charge in [-0.2, -0.15) is 0 Å². The highest BCUT2D eigenvalue weighted by Crippen LogP contribution is 2.32. The van der Waals surface area contributed by atoms with Crippen molar-refractivity contribution in [1.82, 2.24) is 4.90 Å². The lowest BCUT2D eigenvalue weighted by Crippen LogP contribution is -2.52. The van der Waals surface area contributed by atoms with Crippen molar-refractivity contribution in [1.29, 1.82) is 0 Å². The summed E-state index contributed by atoms with van der Waals surface area (Å²) in [4.78, 5) is 39.3. The molecule has 1 atom stereocenters. The quantitative estimate of drug-likeness (QED) is 0.423. The third-order valence-electron chi connectivity index (χ3n) is 5.20. The Morgan fingerprint density at radius 3 is 1.57 bits per heavy atom. The van der Waals surface area contributed by atoms with E-state index in [2.05, 4.69) is 0 Å². The molecule has 9 heteroatoms. The fourth-order valence-corrected chi connectivity index (χ4v) is 9.49. The number of hydrogen-bond acceptors (Lipinski definition) is 6. The van der Waals surface area contributed by atoms with Crippen LogP contribution >= 0.6 is 0 Å². The van der Waals surface area contributed by atoms with Gasteiger partial charge in [0.2, 0.25) is 5.91 Å². The standard InChI is InChI=1S/C21H43NO6Si2/c1-13-16(17(23)22(7)8)15-21(5,6)19(25)27-30(11,12)28-29(9,10)26-18(24)20(3,4)14-2/h16H,13-15H2,1-12H3. The molecule has 0 rings (SSSR count). The molecule has 0 aliphatic heterocycles. The highest BCUT2D eigenvalue weighted by Gasteiger charge is 2.45. The molecule has 0 spiro atoms. The van der Waals surface area contributed by atoms with Gasteiger partial charge in [0.25, 0.3) is 11.9 Å². The van der Waals surface area contributed by atoms with E-state index in [9.17, 15) is 14.4 Å². The van der Waals surface area contributed by atoms with Gasteiger partial charge in [0.1, 0.15) is 0 Å². The minimum Gasteiger partial charge on any atom is -0.495 e. The third-order valence-corrected chi connectivity index (χ3v) is 10.5. The lowest BCUT2D eigenvalue weighted by Gasteiger charge is -2.36. The Kier molecular flexibility index (Phi) is 10.00. The first-order chi connectivity index (χ1) is 13.3. The van der Waals surface area contributed by atoms with E-state index in [1.165, 1.54) is 0 Å². The number of amides is 1. The summed E-state index contributed by atoms with van der Waals surface area (Å²) in [5.41, 5.74) is -1.43. The zero-order chi connectivity index (χ0) is 24.1. The van der Waals surface area contributed by atoms with Crippen LogP contribution in [0.5, 0.6) is 0 Å². The Morgan fingerprint density at radius 2 is 1.23 bits per heavy atom. The molecule has 0 bridgehead atoms. The van der Waals surface area contributed by atoms with Crippen molar-refractivity contribution in [3.63, 3.8) is 0 Å². The normalized spacial score (nSPS) is 14.1. The summed E-state index contributed by atoms with van der Waals surface area (Å²) in [6.45, 7) is 18.2. The number of carbonyl (C=O) groups is 3. The maximum absolute atomic E-state index is 13.0. The minimum absolute atomic E-state index is 0.00474. The monoisotopic (exact) mass is 461 g/mol. The zero-order valence-corrected chi connectivity index (χ0v) is 23.1. The fraction of sp³-hybridized carbons (Fsp3) is 0.857. The van der Waals surface area contributed by atoms with E-state index < -0.39 is 33.9 Å². The van der Waals surface area contributed by atoms with Gasteiger partial charge in [0, 0.05) is 20.0 Å². The molecule has 0 aliphatic carbocycles. The summed E-state index contributed by atoms with van der Waals surface area (Å²) in [7, 11) is -2.34. The van der Waals surface area contributed by atoms with E-state index in [-0.39, 0.29) is 17.8 Å². The van der Waals surface area contributed by atoms with Crippen molar-refractivity contribution in [2.45, 2.75) is 87.0 Å². The number of hydrogen-bond donors (Lipinski definition) is 0. The van der Waals surface area contributed by atoms with Crippen LogP contribution in [0.1, 0.15) is 60.8 Å². The summed E-state index contributed by atoms with van der Waals surface area (Å²) >= 11 is 0. The molecule has 0 saturated heterocycles. The van der Waals surface area contributed by atoms with Crippen LogP contribution < -0.4 is 0 Å². The SMILES string of the molecule is CCC(CC(C)(C)C(=O)O[Si](C)(C)O[Si](C)(C)OC(=O)C(C)(C)CC)C(=O)N(C)C. The highest BCUT2D eigenvalue weighted by molar-refractivity contribution is 6.80. The summed E-state index contributed by atoms with van der Waals surface area (Å²) < 4.78 is 17.7. The molecular formula is C21H43NO6Si2. The first-order valence-electron chi connectivity index (χ1n) is 10.7. The second kappa shape index (κ2) is 10.4. The first-order valence-corrected chi connectivity index (χ1v) is 16.3. The predicted octanol–water partition coefficient (Wildman–Crippen LogP) is 4.46. The smallest absolute Gasteiger partial charge is 0.387 e. The molecule has 0 saturated carbocycles. The molecule has 0 aliphatic rings. The lowest BCUT2D eigenvalue weighted by molar-refractivity contribution is -0.148. The van der Waals surface area contributed by atoms with Crippen molar-refractivity contribution in [2.24, 2.45) is 16.7 Å². The van der Waals surface area contributed by atoms with Gasteiger partial charge in [0.05, 0.1) is 10.8 Å². The molecule has 1 unspecified atom stereocenters. The summed E-state index contributed by atoms with van der Waals surface area (Å²) in [5, 5.41) is 0. The van der Waals surface area contributed by atoms with Crippen molar-refractivity contribution in [3.05, 3.63) is 0 Å². The topological polar surface area (TPSA) is 82.1 Å². The predicted molar refractivity (Wildman–Crippen MR) is 123 cm³/mol. The minimum atomic E-state index is -2.92. The van der Waals surface area contributed by atoms with Gasteiger partial charge in [-0.25, -0.2) is 0 Å². The van der Waals surface area contributed by atoms with E-state index in [1.807, 2.05) is 27.7 Å². The van der Waals surface area contributed by atoms with Crippen LogP contribution in [0.15, 0.2) is 0 Å². The summed E-state index contributed by atoms with van der Waals surface area (Å²) in [6, 6.07) is 0. The van der Waals surface area contributed by atoms with Gasteiger partial charge in [-0.1, -0.05) is 13.8 Å². The second-order valence-corrected chi connectivity index (χ2v) is 17.2. The largest absolute Gasteiger partial charge is 0.495 e. The van der Waals surface area contributed by atoms with E-state index in [0.717, 1.165) is 0 Å². The molecule has 0 aromatic heterocycles. The van der Waals surface area contributed by atoms with Crippen LogP contribution in [0.25, 0.3) is 0 Å². The lowest BCUT2D eigenvalue weighted by atomic mass is 9.81. The second-order valence-electron chi connectivity index (χ2n) is 10.3. The van der Waals surface area contributed by atoms with Crippen molar-refractivity contribution in [3.8, 4) is 0 Å². The van der Waals surface area contributed by atoms with Gasteiger partial charge in [-0.05, 0) is 73.1 Å². The molecule has 176 valence electrons. The summed E-state index contributed by atoms with van der Waals surface area (Å²) in [5.74, 6) is -0.943. The molecule has 7 nitrogen and oxygen atoms in total. The van der Waals surface area contributed by atoms with E-state index in [4.69, 9.17) is 13.0 Å². The van der Waals surface area contributed by atoms with Gasteiger partial charge in [-0.3, -0.25) is 14.4 Å². The summed E-state index contributed by atoms with van der Waals surface area (Å²) in [6.07, 6.45) is 1.70. The molecule has 30 heavy (non-hydrogen) atoms. The van der Waals surface area contributed by atoms with Crippen LogP contribution in [0.3, 0.4) is 0 Å². The Morgan fingerprint density at radius 1 is 0.833 bits per heavy atom. The first kappa shape index (κ1) is 28.8. The number of nitrogens with zero attached hydrogens (tertiary/aromatic N) is 1. The Bertz CT molecular complexity index is 629. The Labute approximate surface area is 185 Å². The molecule has 0 fully saturated rings. The molecule has 0 radical (unpaired) electrons. The molecule has 0 aromatic carbocycles. The van der Waals surface area contributed by atoms with Crippen molar-refractivity contribution < 1.29 is 27.4 Å². The Hall–Kier alpha value is -1.20. The average molecular weight is 462 g/mol. The van der Waals surface area contributed by atoms with Crippen LogP contribution in [-0.4, -0.2) is 54.0 Å². The number of rotatable bonds is 11. The van der Waals surface area contributed by atoms with Crippen LogP contribution in [0.4, 0.5) is 0 Å². The van der Waals surface area contributed by atoms with Crippen LogP contribution in [0, 0.1) is 16.7 Å². The fourth-order valence-electron chi connectivity index (χ4n) is 2.97. The molecular weight excluding hydrogens is 418 g/mol. The van der Waals surface area contributed by atoms with Crippen LogP contribution in [0.2, 0.25) is 26.2 Å². The van der Waals surface area contributed by atoms with Crippen molar-refractivity contribution >= 4 is 35.0 Å². The third kappa shape index (κ3) is 8.89. The Balaban J connectivity index is 5.22. The van der Waals surface area contributed by atoms with Gasteiger partial charge in [-0.15, -0.1) is 0 Å². The van der Waals surface area contributed by atoms with Gasteiger partial charge in [0.15, 0.2) is 0 Å². The highest BCUT2D eigenvalue weighted by atomic mass is 28.5. The van der Waals surface area contributed by atoms with Crippen molar-refractivity contribution in [2.75, 3.05) is 14.1 Å². The zero-order valence-electron chi connectivity index (χ0n) is 21.1.